The van der Waals surface area contributed by atoms with Gasteiger partial charge < -0.3 is 5.32 Å². The van der Waals surface area contributed by atoms with Crippen LogP contribution in [0.15, 0.2) is 24.4 Å². The van der Waals surface area contributed by atoms with E-state index in [1.165, 1.54) is 5.57 Å². The lowest BCUT2D eigenvalue weighted by molar-refractivity contribution is 0.480. The number of allylic oxidation sites excluding steroid dienone is 2. The molecule has 1 unspecified atom stereocenters. The smallest absolute Gasteiger partial charge is 0.0743 e. The lowest BCUT2D eigenvalue weighted by Gasteiger charge is -2.16. The number of nitrogens with zero attached hydrogens (tertiary/aromatic N) is 1. The summed E-state index contributed by atoms with van der Waals surface area (Å²) in [6.07, 6.45) is 2.56. The first-order valence-electron chi connectivity index (χ1n) is 5.03. The topological polar surface area (TPSA) is 35.8 Å². The van der Waals surface area contributed by atoms with Crippen LogP contribution in [0.4, 0.5) is 0 Å². The largest absolute Gasteiger partial charge is 0.388 e. The van der Waals surface area contributed by atoms with E-state index in [1.807, 2.05) is 6.92 Å². The Hall–Kier alpha value is -1.23. The minimum absolute atomic E-state index is 0.392. The van der Waals surface area contributed by atoms with Crippen molar-refractivity contribution in [3.8, 4) is 6.07 Å². The minimum Gasteiger partial charge on any atom is -0.388 e. The van der Waals surface area contributed by atoms with Crippen LogP contribution in [-0.4, -0.2) is 6.54 Å². The van der Waals surface area contributed by atoms with Crippen molar-refractivity contribution in [3.05, 3.63) is 24.4 Å². The number of hydrogen-bond acceptors (Lipinski definition) is 2. The standard InChI is InChI=1S/C12H20N2/c1-5-12(8-10(2)3)9-14-11(4)6-7-13/h12,14H,2,4-6,8-9H2,1,3H3. The van der Waals surface area contributed by atoms with Crippen LogP contribution in [0.3, 0.4) is 0 Å². The van der Waals surface area contributed by atoms with Gasteiger partial charge in [-0.05, 0) is 19.3 Å². The molecular weight excluding hydrogens is 172 g/mol. The van der Waals surface area contributed by atoms with E-state index < -0.39 is 0 Å². The van der Waals surface area contributed by atoms with Crippen LogP contribution < -0.4 is 5.32 Å². The van der Waals surface area contributed by atoms with E-state index in [9.17, 15) is 0 Å². The van der Waals surface area contributed by atoms with Gasteiger partial charge in [-0.3, -0.25) is 0 Å². The maximum atomic E-state index is 8.44. The first-order chi connectivity index (χ1) is 6.60. The highest BCUT2D eigenvalue weighted by Crippen LogP contribution is 2.12. The van der Waals surface area contributed by atoms with Gasteiger partial charge in [0.25, 0.3) is 0 Å². The predicted molar refractivity (Wildman–Crippen MR) is 60.6 cm³/mol. The van der Waals surface area contributed by atoms with Crippen LogP contribution >= 0.6 is 0 Å². The van der Waals surface area contributed by atoms with Crippen molar-refractivity contribution in [1.29, 1.82) is 5.26 Å². The summed E-state index contributed by atoms with van der Waals surface area (Å²) in [5.41, 5.74) is 2.03. The van der Waals surface area contributed by atoms with Gasteiger partial charge >= 0.3 is 0 Å². The highest BCUT2D eigenvalue weighted by atomic mass is 14.9. The third kappa shape index (κ3) is 6.30. The molecule has 0 aliphatic heterocycles. The highest BCUT2D eigenvalue weighted by molar-refractivity contribution is 5.00. The van der Waals surface area contributed by atoms with Crippen LogP contribution in [0.5, 0.6) is 0 Å². The molecule has 0 amide bonds. The van der Waals surface area contributed by atoms with E-state index in [0.717, 1.165) is 25.1 Å². The summed E-state index contributed by atoms with van der Waals surface area (Å²) in [6, 6.07) is 2.07. The van der Waals surface area contributed by atoms with Crippen molar-refractivity contribution in [2.45, 2.75) is 33.1 Å². The Kier molecular flexibility index (Phi) is 6.57. The van der Waals surface area contributed by atoms with Gasteiger partial charge in [-0.25, -0.2) is 0 Å². The predicted octanol–water partition coefficient (Wildman–Crippen LogP) is 3.00. The number of nitrogens with one attached hydrogen (secondary N) is 1. The molecule has 0 saturated carbocycles. The Bertz CT molecular complexity index is 235. The molecule has 0 fully saturated rings. The molecule has 0 aromatic heterocycles. The fourth-order valence-corrected chi connectivity index (χ4v) is 1.30. The molecule has 0 rings (SSSR count). The van der Waals surface area contributed by atoms with Crippen molar-refractivity contribution in [1.82, 2.24) is 5.32 Å². The zero-order valence-corrected chi connectivity index (χ0v) is 9.27. The van der Waals surface area contributed by atoms with Gasteiger partial charge in [-0.1, -0.05) is 25.5 Å². The molecule has 2 heteroatoms. The van der Waals surface area contributed by atoms with Crippen LogP contribution in [0.1, 0.15) is 33.1 Å². The molecule has 0 saturated heterocycles. The average Bonchev–Trinajstić information content (AvgIpc) is 2.12. The van der Waals surface area contributed by atoms with Gasteiger partial charge in [0.05, 0.1) is 12.5 Å². The second kappa shape index (κ2) is 7.20. The summed E-state index contributed by atoms with van der Waals surface area (Å²) in [5, 5.41) is 11.6. The summed E-state index contributed by atoms with van der Waals surface area (Å²) >= 11 is 0. The lowest BCUT2D eigenvalue weighted by atomic mass is 9.98. The van der Waals surface area contributed by atoms with Gasteiger partial charge in [0, 0.05) is 12.2 Å². The maximum absolute atomic E-state index is 8.44. The molecule has 1 N–H and O–H groups in total. The maximum Gasteiger partial charge on any atom is 0.0743 e. The highest BCUT2D eigenvalue weighted by Gasteiger charge is 2.06. The van der Waals surface area contributed by atoms with E-state index in [4.69, 9.17) is 5.26 Å². The molecule has 0 aromatic rings. The van der Waals surface area contributed by atoms with Gasteiger partial charge in [-0.2, -0.15) is 5.26 Å². The Morgan fingerprint density at radius 1 is 1.50 bits per heavy atom. The zero-order chi connectivity index (χ0) is 11.0. The summed E-state index contributed by atoms with van der Waals surface area (Å²) in [5.74, 6) is 0.600. The van der Waals surface area contributed by atoms with E-state index in [2.05, 4.69) is 31.5 Å². The van der Waals surface area contributed by atoms with Crippen molar-refractivity contribution < 1.29 is 0 Å². The summed E-state index contributed by atoms with van der Waals surface area (Å²) in [7, 11) is 0. The van der Waals surface area contributed by atoms with Crippen LogP contribution in [-0.2, 0) is 0 Å². The molecule has 1 atom stereocenters. The Morgan fingerprint density at radius 2 is 2.14 bits per heavy atom. The normalized spacial score (nSPS) is 11.5. The number of rotatable bonds is 7. The van der Waals surface area contributed by atoms with Gasteiger partial charge in [0.1, 0.15) is 0 Å². The molecule has 0 bridgehead atoms. The first-order valence-corrected chi connectivity index (χ1v) is 5.03. The SMILES string of the molecule is C=C(C)CC(CC)CNC(=C)CC#N. The summed E-state index contributed by atoms with van der Waals surface area (Å²) in [6.45, 7) is 12.8. The Labute approximate surface area is 87.3 Å². The molecule has 2 nitrogen and oxygen atoms in total. The Morgan fingerprint density at radius 3 is 2.57 bits per heavy atom. The first kappa shape index (κ1) is 12.8. The second-order valence-electron chi connectivity index (χ2n) is 3.75. The molecule has 0 spiro atoms. The molecular formula is C12H20N2. The molecule has 78 valence electrons. The minimum atomic E-state index is 0.392. The zero-order valence-electron chi connectivity index (χ0n) is 9.27. The quantitative estimate of drug-likeness (QED) is 0.629. The van der Waals surface area contributed by atoms with Gasteiger partial charge in [-0.15, -0.1) is 6.58 Å². The van der Waals surface area contributed by atoms with Crippen molar-refractivity contribution in [2.24, 2.45) is 5.92 Å². The third-order valence-corrected chi connectivity index (χ3v) is 2.15. The second-order valence-corrected chi connectivity index (χ2v) is 3.75. The van der Waals surface area contributed by atoms with E-state index in [-0.39, 0.29) is 0 Å². The van der Waals surface area contributed by atoms with E-state index in [0.29, 0.717) is 12.3 Å². The van der Waals surface area contributed by atoms with Gasteiger partial charge in [0.2, 0.25) is 0 Å². The lowest BCUT2D eigenvalue weighted by Crippen LogP contribution is -2.21. The molecule has 0 radical (unpaired) electrons. The fraction of sp³-hybridized carbons (Fsp3) is 0.583. The number of nitriles is 1. The van der Waals surface area contributed by atoms with Crippen LogP contribution in [0.2, 0.25) is 0 Å². The molecule has 0 aromatic carbocycles. The van der Waals surface area contributed by atoms with E-state index in [1.54, 1.807) is 0 Å². The van der Waals surface area contributed by atoms with Crippen molar-refractivity contribution in [2.75, 3.05) is 6.54 Å². The Balaban J connectivity index is 3.78. The fourth-order valence-electron chi connectivity index (χ4n) is 1.30. The van der Waals surface area contributed by atoms with Crippen LogP contribution in [0, 0.1) is 17.2 Å². The van der Waals surface area contributed by atoms with Crippen molar-refractivity contribution in [3.63, 3.8) is 0 Å². The molecule has 0 aliphatic carbocycles. The third-order valence-electron chi connectivity index (χ3n) is 2.15. The summed E-state index contributed by atoms with van der Waals surface area (Å²) < 4.78 is 0. The van der Waals surface area contributed by atoms with Crippen molar-refractivity contribution >= 4 is 0 Å². The summed E-state index contributed by atoms with van der Waals surface area (Å²) in [4.78, 5) is 0. The van der Waals surface area contributed by atoms with E-state index >= 15 is 0 Å². The molecule has 0 heterocycles. The molecule has 0 aliphatic rings. The average molecular weight is 192 g/mol. The van der Waals surface area contributed by atoms with Crippen LogP contribution in [0.25, 0.3) is 0 Å². The molecule has 14 heavy (non-hydrogen) atoms. The number of hydrogen-bond donors (Lipinski definition) is 1. The monoisotopic (exact) mass is 192 g/mol. The van der Waals surface area contributed by atoms with Gasteiger partial charge in [0.15, 0.2) is 0 Å².